The summed E-state index contributed by atoms with van der Waals surface area (Å²) in [7, 11) is 0. The zero-order valence-electron chi connectivity index (χ0n) is 7.47. The smallest absolute Gasteiger partial charge is 0.223 e. The van der Waals surface area contributed by atoms with Crippen LogP contribution in [0.2, 0.25) is 0 Å². The third kappa shape index (κ3) is 1.61. The van der Waals surface area contributed by atoms with Crippen LogP contribution < -0.4 is 10.6 Å². The van der Waals surface area contributed by atoms with Gasteiger partial charge in [0.05, 0.1) is 0 Å². The van der Waals surface area contributed by atoms with Gasteiger partial charge in [-0.1, -0.05) is 6.92 Å². The largest absolute Gasteiger partial charge is 0.352 e. The number of amides is 1. The highest BCUT2D eigenvalue weighted by Crippen LogP contribution is 2.37. The van der Waals surface area contributed by atoms with Gasteiger partial charge in [0.2, 0.25) is 5.91 Å². The summed E-state index contributed by atoms with van der Waals surface area (Å²) in [5.74, 6) is 1.22. The molecular formula is C9H16N2O. The zero-order valence-corrected chi connectivity index (χ0v) is 7.47. The average Bonchev–Trinajstić information content (AvgIpc) is 2.58. The minimum Gasteiger partial charge on any atom is -0.352 e. The second kappa shape index (κ2) is 3.05. The molecule has 68 valence electrons. The Hall–Kier alpha value is -0.570. The molecule has 2 N–H and O–H groups in total. The first kappa shape index (κ1) is 8.05. The van der Waals surface area contributed by atoms with Gasteiger partial charge in [-0.05, 0) is 25.3 Å². The Morgan fingerprint density at radius 1 is 1.58 bits per heavy atom. The van der Waals surface area contributed by atoms with Crippen LogP contribution in [0.1, 0.15) is 19.8 Å². The van der Waals surface area contributed by atoms with Crippen molar-refractivity contribution < 1.29 is 4.79 Å². The van der Waals surface area contributed by atoms with E-state index >= 15 is 0 Å². The van der Waals surface area contributed by atoms with E-state index in [4.69, 9.17) is 0 Å². The van der Waals surface area contributed by atoms with Gasteiger partial charge in [-0.2, -0.15) is 0 Å². The highest BCUT2D eigenvalue weighted by Gasteiger charge is 2.39. The molecular weight excluding hydrogens is 152 g/mol. The molecule has 3 heteroatoms. The van der Waals surface area contributed by atoms with Crippen LogP contribution >= 0.6 is 0 Å². The molecule has 3 atom stereocenters. The van der Waals surface area contributed by atoms with Crippen LogP contribution in [0, 0.1) is 11.8 Å². The first-order chi connectivity index (χ1) is 5.77. The minimum atomic E-state index is 0.274. The molecule has 0 aromatic heterocycles. The van der Waals surface area contributed by atoms with Crippen molar-refractivity contribution in [1.82, 2.24) is 10.6 Å². The van der Waals surface area contributed by atoms with Gasteiger partial charge in [0.1, 0.15) is 0 Å². The Morgan fingerprint density at radius 3 is 2.83 bits per heavy atom. The fraction of sp³-hybridized carbons (Fsp3) is 0.889. The monoisotopic (exact) mass is 168 g/mol. The van der Waals surface area contributed by atoms with Gasteiger partial charge in [0.15, 0.2) is 0 Å². The zero-order chi connectivity index (χ0) is 8.55. The second-order valence-electron chi connectivity index (χ2n) is 4.02. The molecule has 3 nitrogen and oxygen atoms in total. The summed E-state index contributed by atoms with van der Waals surface area (Å²) in [6.45, 7) is 4.13. The fourth-order valence-electron chi connectivity index (χ4n) is 1.77. The van der Waals surface area contributed by atoms with Gasteiger partial charge in [-0.15, -0.1) is 0 Å². The lowest BCUT2D eigenvalue weighted by molar-refractivity contribution is -0.123. The molecule has 1 saturated heterocycles. The van der Waals surface area contributed by atoms with Crippen molar-refractivity contribution >= 4 is 5.91 Å². The molecule has 2 aliphatic rings. The number of nitrogens with one attached hydrogen (secondary N) is 2. The summed E-state index contributed by atoms with van der Waals surface area (Å²) < 4.78 is 0. The summed E-state index contributed by atoms with van der Waals surface area (Å²) in [5.41, 5.74) is 0. The summed E-state index contributed by atoms with van der Waals surface area (Å²) in [6.07, 6.45) is 2.18. The Labute approximate surface area is 72.9 Å². The SMILES string of the molecule is CC1CC1C(=O)NC1CCNC1. The van der Waals surface area contributed by atoms with Crippen LogP contribution in [0.4, 0.5) is 0 Å². The van der Waals surface area contributed by atoms with Gasteiger partial charge in [0, 0.05) is 18.5 Å². The van der Waals surface area contributed by atoms with E-state index in [0.717, 1.165) is 25.9 Å². The van der Waals surface area contributed by atoms with E-state index in [9.17, 15) is 4.79 Å². The molecule has 1 saturated carbocycles. The highest BCUT2D eigenvalue weighted by molar-refractivity contribution is 5.81. The summed E-state index contributed by atoms with van der Waals surface area (Å²) in [6, 6.07) is 0.394. The van der Waals surface area contributed by atoms with Crippen LogP contribution in [0.15, 0.2) is 0 Å². The van der Waals surface area contributed by atoms with Crippen LogP contribution in [0.5, 0.6) is 0 Å². The molecule has 1 amide bonds. The summed E-state index contributed by atoms with van der Waals surface area (Å²) in [5, 5.41) is 6.30. The van der Waals surface area contributed by atoms with Gasteiger partial charge in [-0.3, -0.25) is 4.79 Å². The topological polar surface area (TPSA) is 41.1 Å². The molecule has 12 heavy (non-hydrogen) atoms. The van der Waals surface area contributed by atoms with E-state index in [0.29, 0.717) is 17.9 Å². The highest BCUT2D eigenvalue weighted by atomic mass is 16.2. The van der Waals surface area contributed by atoms with Crippen molar-refractivity contribution in [2.45, 2.75) is 25.8 Å². The molecule has 0 aromatic carbocycles. The third-order valence-electron chi connectivity index (χ3n) is 2.85. The molecule has 3 unspecified atom stereocenters. The number of hydrogen-bond donors (Lipinski definition) is 2. The standard InChI is InChI=1S/C9H16N2O/c1-6-4-8(6)9(12)11-7-2-3-10-5-7/h6-8,10H,2-5H2,1H3,(H,11,12). The van der Waals surface area contributed by atoms with Crippen molar-refractivity contribution in [2.24, 2.45) is 11.8 Å². The summed E-state index contributed by atoms with van der Waals surface area (Å²) >= 11 is 0. The maximum atomic E-state index is 11.4. The lowest BCUT2D eigenvalue weighted by atomic mass is 10.2. The lowest BCUT2D eigenvalue weighted by Gasteiger charge is -2.10. The Morgan fingerprint density at radius 2 is 2.33 bits per heavy atom. The molecule has 1 aliphatic heterocycles. The van der Waals surface area contributed by atoms with Crippen molar-refractivity contribution in [3.63, 3.8) is 0 Å². The van der Waals surface area contributed by atoms with Crippen LogP contribution in [0.3, 0.4) is 0 Å². The normalized spacial score (nSPS) is 39.6. The van der Waals surface area contributed by atoms with Crippen molar-refractivity contribution in [2.75, 3.05) is 13.1 Å². The number of carbonyl (C=O) groups excluding carboxylic acids is 1. The van der Waals surface area contributed by atoms with E-state index < -0.39 is 0 Å². The Balaban J connectivity index is 1.75. The predicted octanol–water partition coefficient (Wildman–Crippen LogP) is 0.120. The molecule has 1 heterocycles. The quantitative estimate of drug-likeness (QED) is 0.615. The van der Waals surface area contributed by atoms with Crippen LogP contribution in [0.25, 0.3) is 0 Å². The van der Waals surface area contributed by atoms with Crippen LogP contribution in [-0.4, -0.2) is 25.0 Å². The molecule has 2 rings (SSSR count). The molecule has 0 bridgehead atoms. The van der Waals surface area contributed by atoms with Crippen molar-refractivity contribution in [3.05, 3.63) is 0 Å². The van der Waals surface area contributed by atoms with Crippen LogP contribution in [-0.2, 0) is 4.79 Å². The molecule has 1 aliphatic carbocycles. The van der Waals surface area contributed by atoms with Gasteiger partial charge < -0.3 is 10.6 Å². The third-order valence-corrected chi connectivity index (χ3v) is 2.85. The van der Waals surface area contributed by atoms with E-state index in [1.54, 1.807) is 0 Å². The summed E-state index contributed by atoms with van der Waals surface area (Å²) in [4.78, 5) is 11.4. The molecule has 2 fully saturated rings. The molecule has 0 spiro atoms. The first-order valence-electron chi connectivity index (χ1n) is 4.78. The maximum Gasteiger partial charge on any atom is 0.223 e. The molecule has 0 radical (unpaired) electrons. The van der Waals surface area contributed by atoms with E-state index in [2.05, 4.69) is 17.6 Å². The number of hydrogen-bond acceptors (Lipinski definition) is 2. The fourth-order valence-corrected chi connectivity index (χ4v) is 1.77. The van der Waals surface area contributed by atoms with Gasteiger partial charge >= 0.3 is 0 Å². The predicted molar refractivity (Wildman–Crippen MR) is 46.7 cm³/mol. The average molecular weight is 168 g/mol. The second-order valence-corrected chi connectivity index (χ2v) is 4.02. The van der Waals surface area contributed by atoms with E-state index in [1.165, 1.54) is 0 Å². The van der Waals surface area contributed by atoms with E-state index in [1.807, 2.05) is 0 Å². The van der Waals surface area contributed by atoms with Gasteiger partial charge in [0.25, 0.3) is 0 Å². The minimum absolute atomic E-state index is 0.274. The van der Waals surface area contributed by atoms with E-state index in [-0.39, 0.29) is 5.91 Å². The number of rotatable bonds is 2. The van der Waals surface area contributed by atoms with Crippen molar-refractivity contribution in [1.29, 1.82) is 0 Å². The van der Waals surface area contributed by atoms with Gasteiger partial charge in [-0.25, -0.2) is 0 Å². The lowest BCUT2D eigenvalue weighted by Crippen LogP contribution is -2.37. The Bertz CT molecular complexity index is 187. The number of carbonyl (C=O) groups is 1. The molecule has 0 aromatic rings. The maximum absolute atomic E-state index is 11.4. The van der Waals surface area contributed by atoms with Crippen molar-refractivity contribution in [3.8, 4) is 0 Å². The first-order valence-corrected chi connectivity index (χ1v) is 4.78. The Kier molecular flexibility index (Phi) is 2.05.